The highest BCUT2D eigenvalue weighted by Gasteiger charge is 2.39. The number of anilines is 1. The Morgan fingerprint density at radius 2 is 1.64 bits per heavy atom. The lowest BCUT2D eigenvalue weighted by molar-refractivity contribution is -0.137. The Morgan fingerprint density at radius 3 is 2.31 bits per heavy atom. The van der Waals surface area contributed by atoms with E-state index in [4.69, 9.17) is 9.47 Å². The van der Waals surface area contributed by atoms with Gasteiger partial charge in [0.05, 0.1) is 36.9 Å². The Morgan fingerprint density at radius 1 is 0.905 bits per heavy atom. The monoisotopic (exact) mass is 577 g/mol. The van der Waals surface area contributed by atoms with Gasteiger partial charge in [0.2, 0.25) is 5.91 Å². The molecule has 10 heteroatoms. The van der Waals surface area contributed by atoms with Gasteiger partial charge in [0.15, 0.2) is 0 Å². The fourth-order valence-corrected chi connectivity index (χ4v) is 5.31. The Bertz CT molecular complexity index is 1630. The molecule has 0 radical (unpaired) electrons. The molecule has 1 atom stereocenters. The number of carbonyl (C=O) groups excluding carboxylic acids is 2. The summed E-state index contributed by atoms with van der Waals surface area (Å²) in [5.74, 6) is 0.0117. The molecule has 1 aliphatic rings. The molecule has 42 heavy (non-hydrogen) atoms. The first kappa shape index (κ1) is 28.8. The highest BCUT2D eigenvalue weighted by Crippen LogP contribution is 2.45. The normalized spacial score (nSPS) is 14.3. The second-order valence-corrected chi connectivity index (χ2v) is 10.2. The van der Waals surface area contributed by atoms with Crippen LogP contribution in [0, 0.1) is 0 Å². The van der Waals surface area contributed by atoms with E-state index < -0.39 is 35.6 Å². The van der Waals surface area contributed by atoms with Crippen LogP contribution in [0.4, 0.5) is 18.9 Å². The minimum atomic E-state index is -4.61. The van der Waals surface area contributed by atoms with Gasteiger partial charge in [-0.15, -0.1) is 0 Å². The zero-order chi connectivity index (χ0) is 30.2. The number of alkyl halides is 3. The van der Waals surface area contributed by atoms with Crippen molar-refractivity contribution in [3.05, 3.63) is 107 Å². The number of rotatable bonds is 7. The molecule has 218 valence electrons. The maximum Gasteiger partial charge on any atom is 0.416 e. The van der Waals surface area contributed by atoms with Gasteiger partial charge in [0.25, 0.3) is 5.91 Å². The predicted octanol–water partition coefficient (Wildman–Crippen LogP) is 6.50. The van der Waals surface area contributed by atoms with E-state index in [1.54, 1.807) is 45.1 Å². The minimum Gasteiger partial charge on any atom is -0.497 e. The number of amides is 2. The molecule has 1 unspecified atom stereocenters. The predicted molar refractivity (Wildman–Crippen MR) is 152 cm³/mol. The van der Waals surface area contributed by atoms with Crippen LogP contribution in [0.1, 0.15) is 47.1 Å². The van der Waals surface area contributed by atoms with E-state index in [1.807, 2.05) is 53.2 Å². The van der Waals surface area contributed by atoms with Crippen LogP contribution < -0.4 is 14.4 Å². The molecule has 1 aromatic heterocycles. The molecule has 0 bridgehead atoms. The van der Waals surface area contributed by atoms with Crippen LogP contribution in [0.25, 0.3) is 5.69 Å². The average molecular weight is 578 g/mol. The lowest BCUT2D eigenvalue weighted by Crippen LogP contribution is -2.48. The summed E-state index contributed by atoms with van der Waals surface area (Å²) in [5, 5.41) is 0. The number of nitrogens with zero attached hydrogens (tertiary/aromatic N) is 3. The van der Waals surface area contributed by atoms with Gasteiger partial charge in [-0.2, -0.15) is 13.2 Å². The molecule has 0 saturated carbocycles. The van der Waals surface area contributed by atoms with E-state index >= 15 is 0 Å². The summed E-state index contributed by atoms with van der Waals surface area (Å²) in [6.07, 6.45) is -2.70. The summed E-state index contributed by atoms with van der Waals surface area (Å²) < 4.78 is 53.4. The van der Waals surface area contributed by atoms with Gasteiger partial charge < -0.3 is 18.9 Å². The summed E-state index contributed by atoms with van der Waals surface area (Å²) >= 11 is 0. The second-order valence-electron chi connectivity index (χ2n) is 10.2. The number of ether oxygens (including phenoxy) is 2. The van der Waals surface area contributed by atoms with E-state index in [9.17, 15) is 22.8 Å². The number of hydrogen-bond acceptors (Lipinski definition) is 4. The summed E-state index contributed by atoms with van der Waals surface area (Å²) in [7, 11) is 3.09. The standard InChI is InChI=1S/C32H30F3N3O4/c1-20(2)37(31(40)21-9-7-10-22(17-21)32(33,34)35)19-29(39)38-26-12-6-5-11-25(26)36-16-8-13-27(36)30(38)24-18-23(41-3)14-15-28(24)42-4/h5-18,20,30H,19H2,1-4H3. The van der Waals surface area contributed by atoms with Crippen LogP contribution >= 0.6 is 0 Å². The number of benzene rings is 3. The number of hydrogen-bond donors (Lipinski definition) is 0. The Hall–Kier alpha value is -4.73. The van der Waals surface area contributed by atoms with Crippen molar-refractivity contribution >= 4 is 17.5 Å². The van der Waals surface area contributed by atoms with Crippen molar-refractivity contribution < 1.29 is 32.2 Å². The minimum absolute atomic E-state index is 0.148. The van der Waals surface area contributed by atoms with Crippen molar-refractivity contribution in [1.29, 1.82) is 0 Å². The van der Waals surface area contributed by atoms with Crippen LogP contribution in [0.2, 0.25) is 0 Å². The van der Waals surface area contributed by atoms with Gasteiger partial charge in [-0.25, -0.2) is 0 Å². The third kappa shape index (κ3) is 5.20. The summed E-state index contributed by atoms with van der Waals surface area (Å²) in [4.78, 5) is 30.9. The highest BCUT2D eigenvalue weighted by atomic mass is 19.4. The first-order chi connectivity index (χ1) is 20.0. The van der Waals surface area contributed by atoms with Crippen LogP contribution in [-0.4, -0.2) is 48.1 Å². The summed E-state index contributed by atoms with van der Waals surface area (Å²) in [5.41, 5.74) is 1.75. The maximum absolute atomic E-state index is 14.4. The van der Waals surface area contributed by atoms with Gasteiger partial charge in [0, 0.05) is 23.4 Å². The molecule has 7 nitrogen and oxygen atoms in total. The molecule has 2 amide bonds. The molecule has 2 heterocycles. The van der Waals surface area contributed by atoms with E-state index in [0.717, 1.165) is 23.5 Å². The van der Waals surface area contributed by atoms with E-state index in [-0.39, 0.29) is 12.1 Å². The molecule has 0 spiro atoms. The lowest BCUT2D eigenvalue weighted by atomic mass is 9.96. The molecular formula is C32H30F3N3O4. The number of methoxy groups -OCH3 is 2. The first-order valence-electron chi connectivity index (χ1n) is 13.3. The quantitative estimate of drug-likeness (QED) is 0.252. The number of aromatic nitrogens is 1. The molecule has 4 aromatic rings. The Labute approximate surface area is 241 Å². The van der Waals surface area contributed by atoms with Gasteiger partial charge in [-0.1, -0.05) is 18.2 Å². The smallest absolute Gasteiger partial charge is 0.416 e. The average Bonchev–Trinajstić information content (AvgIpc) is 3.48. The Balaban J connectivity index is 1.60. The van der Waals surface area contributed by atoms with Crippen molar-refractivity contribution in [3.63, 3.8) is 0 Å². The largest absolute Gasteiger partial charge is 0.497 e. The fraction of sp³-hybridized carbons (Fsp3) is 0.250. The highest BCUT2D eigenvalue weighted by molar-refractivity contribution is 6.03. The first-order valence-corrected chi connectivity index (χ1v) is 13.3. The number of halogens is 3. The third-order valence-corrected chi connectivity index (χ3v) is 7.35. The molecule has 5 rings (SSSR count). The van der Waals surface area contributed by atoms with Gasteiger partial charge in [-0.05, 0) is 74.5 Å². The molecular weight excluding hydrogens is 547 g/mol. The van der Waals surface area contributed by atoms with Crippen molar-refractivity contribution in [2.45, 2.75) is 32.1 Å². The van der Waals surface area contributed by atoms with Crippen LogP contribution in [0.5, 0.6) is 11.5 Å². The fourth-order valence-electron chi connectivity index (χ4n) is 5.31. The van der Waals surface area contributed by atoms with Crippen LogP contribution in [-0.2, 0) is 11.0 Å². The molecule has 0 N–H and O–H groups in total. The Kier molecular flexibility index (Phi) is 7.73. The number of carbonyl (C=O) groups is 2. The number of para-hydroxylation sites is 2. The third-order valence-electron chi connectivity index (χ3n) is 7.35. The molecule has 1 aliphatic heterocycles. The topological polar surface area (TPSA) is 64.0 Å². The molecule has 3 aromatic carbocycles. The molecule has 0 aliphatic carbocycles. The van der Waals surface area contributed by atoms with Gasteiger partial charge in [-0.3, -0.25) is 14.5 Å². The number of fused-ring (bicyclic) bond motifs is 3. The summed E-state index contributed by atoms with van der Waals surface area (Å²) in [6.45, 7) is 3.07. The lowest BCUT2D eigenvalue weighted by Gasteiger charge is -2.40. The van der Waals surface area contributed by atoms with Gasteiger partial charge in [0.1, 0.15) is 24.1 Å². The van der Waals surface area contributed by atoms with Crippen molar-refractivity contribution in [1.82, 2.24) is 9.47 Å². The van der Waals surface area contributed by atoms with Crippen molar-refractivity contribution in [2.24, 2.45) is 0 Å². The van der Waals surface area contributed by atoms with E-state index in [2.05, 4.69) is 0 Å². The van der Waals surface area contributed by atoms with Crippen LogP contribution in [0.15, 0.2) is 85.1 Å². The summed E-state index contributed by atoms with van der Waals surface area (Å²) in [6, 6.07) is 19.6. The SMILES string of the molecule is COc1ccc(OC)c(C2c3cccn3-c3ccccc3N2C(=O)CN(C(=O)c2cccc(C(F)(F)F)c2)C(C)C)c1. The second kappa shape index (κ2) is 11.3. The van der Waals surface area contributed by atoms with Crippen molar-refractivity contribution in [3.8, 4) is 17.2 Å². The van der Waals surface area contributed by atoms with Crippen molar-refractivity contribution in [2.75, 3.05) is 25.7 Å². The molecule has 0 saturated heterocycles. The van der Waals surface area contributed by atoms with Crippen LogP contribution in [0.3, 0.4) is 0 Å². The van der Waals surface area contributed by atoms with Gasteiger partial charge >= 0.3 is 6.18 Å². The zero-order valence-corrected chi connectivity index (χ0v) is 23.6. The van der Waals surface area contributed by atoms with E-state index in [0.29, 0.717) is 22.7 Å². The zero-order valence-electron chi connectivity index (χ0n) is 23.6. The maximum atomic E-state index is 14.4. The molecule has 0 fully saturated rings. The van der Waals surface area contributed by atoms with E-state index in [1.165, 1.54) is 17.0 Å².